The Bertz CT molecular complexity index is 386. The zero-order valence-corrected chi connectivity index (χ0v) is 15.4. The minimum Gasteiger partial charge on any atom is -0.211 e. The molecule has 0 radical (unpaired) electrons. The van der Waals surface area contributed by atoms with Crippen LogP contribution in [0.5, 0.6) is 0 Å². The van der Waals surface area contributed by atoms with Crippen LogP contribution in [0.4, 0.5) is 0 Å². The van der Waals surface area contributed by atoms with Crippen molar-refractivity contribution in [3.63, 3.8) is 0 Å². The maximum absolute atomic E-state index is 10.1. The van der Waals surface area contributed by atoms with Crippen molar-refractivity contribution in [2.75, 3.05) is 0 Å². The molecule has 0 saturated heterocycles. The Balaban J connectivity index is 3.32. The van der Waals surface area contributed by atoms with Gasteiger partial charge in [-0.25, -0.2) is 9.59 Å². The number of unbranched alkanes of at least 4 members (excludes halogenated alkanes) is 14. The summed E-state index contributed by atoms with van der Waals surface area (Å²) in [6, 6.07) is 0. The van der Waals surface area contributed by atoms with Gasteiger partial charge in [0.25, 0.3) is 0 Å². The molecule has 0 fully saturated rings. The minimum atomic E-state index is 0.120. The molecule has 0 N–H and O–H groups in total. The Morgan fingerprint density at radius 2 is 1.04 bits per heavy atom. The molecule has 0 aliphatic rings. The fourth-order valence-corrected chi connectivity index (χ4v) is 2.78. The van der Waals surface area contributed by atoms with E-state index in [1.807, 2.05) is 0 Å². The van der Waals surface area contributed by atoms with Gasteiger partial charge in [-0.05, 0) is 18.9 Å². The summed E-state index contributed by atoms with van der Waals surface area (Å²) < 4.78 is 0. The van der Waals surface area contributed by atoms with Crippen molar-refractivity contribution in [1.82, 2.24) is 0 Å². The molecule has 0 aromatic heterocycles. The Morgan fingerprint density at radius 1 is 0.667 bits per heavy atom. The third kappa shape index (κ3) is 16.9. The summed E-state index contributed by atoms with van der Waals surface area (Å²) in [7, 11) is 0. The number of nitrogens with zero attached hydrogens (tertiary/aromatic N) is 2. The van der Waals surface area contributed by atoms with E-state index in [4.69, 9.17) is 0 Å². The topological polar surface area (TPSA) is 58.9 Å². The number of carbonyl (C=O) groups excluding carboxylic acids is 2. The van der Waals surface area contributed by atoms with Gasteiger partial charge < -0.3 is 0 Å². The summed E-state index contributed by atoms with van der Waals surface area (Å²) >= 11 is 0. The number of rotatable bonds is 17. The van der Waals surface area contributed by atoms with Crippen molar-refractivity contribution < 1.29 is 9.59 Å². The molecule has 0 atom stereocenters. The van der Waals surface area contributed by atoms with Crippen LogP contribution in [0.1, 0.15) is 103 Å². The van der Waals surface area contributed by atoms with Crippen LogP contribution in [0.3, 0.4) is 0 Å². The third-order valence-corrected chi connectivity index (χ3v) is 4.20. The van der Waals surface area contributed by atoms with Gasteiger partial charge in [0, 0.05) is 0 Å². The molecular weight excluding hydrogens is 300 g/mol. The summed E-state index contributed by atoms with van der Waals surface area (Å²) in [4.78, 5) is 26.9. The lowest BCUT2D eigenvalue weighted by atomic mass is 10.0. The largest absolute Gasteiger partial charge is 0.242 e. The molecule has 0 rings (SSSR count). The van der Waals surface area contributed by atoms with Crippen molar-refractivity contribution in [2.45, 2.75) is 103 Å². The van der Waals surface area contributed by atoms with Gasteiger partial charge in [-0.3, -0.25) is 0 Å². The molecule has 0 aromatic rings. The molecule has 24 heavy (non-hydrogen) atoms. The monoisotopic (exact) mass is 334 g/mol. The highest BCUT2D eigenvalue weighted by Crippen LogP contribution is 2.13. The van der Waals surface area contributed by atoms with Crippen LogP contribution in [-0.4, -0.2) is 12.2 Å². The summed E-state index contributed by atoms with van der Waals surface area (Å²) in [6.07, 6.45) is 23.8. The molecule has 0 aromatic carbocycles. The lowest BCUT2D eigenvalue weighted by Crippen LogP contribution is -1.83. The number of allylic oxidation sites excluding steroid dienone is 1. The van der Waals surface area contributed by atoms with E-state index in [1.54, 1.807) is 6.08 Å². The first-order chi connectivity index (χ1) is 11.8. The average molecular weight is 335 g/mol. The van der Waals surface area contributed by atoms with Crippen LogP contribution in [0, 0.1) is 0 Å². The molecule has 0 aliphatic heterocycles. The SMILES string of the molecule is CCCCCCCCCCCCCCCCC=C(N=C=O)N=C=O. The highest BCUT2D eigenvalue weighted by atomic mass is 16.1. The number of aliphatic imine (C=N–C) groups is 2. The first-order valence-electron chi connectivity index (χ1n) is 9.71. The third-order valence-electron chi connectivity index (χ3n) is 4.20. The quantitative estimate of drug-likeness (QED) is 0.176. The second kappa shape index (κ2) is 19.5. The fourth-order valence-electron chi connectivity index (χ4n) is 2.78. The lowest BCUT2D eigenvalue weighted by molar-refractivity contribution is 0.536. The molecule has 0 aliphatic carbocycles. The van der Waals surface area contributed by atoms with Crippen molar-refractivity contribution >= 4 is 12.2 Å². The first kappa shape index (κ1) is 22.5. The number of hydrogen-bond acceptors (Lipinski definition) is 4. The van der Waals surface area contributed by atoms with Gasteiger partial charge in [0.15, 0.2) is 5.82 Å². The smallest absolute Gasteiger partial charge is 0.211 e. The fraction of sp³-hybridized carbons (Fsp3) is 0.800. The predicted molar refractivity (Wildman–Crippen MR) is 99.3 cm³/mol. The Hall–Kier alpha value is -1.50. The van der Waals surface area contributed by atoms with E-state index >= 15 is 0 Å². The Morgan fingerprint density at radius 3 is 1.42 bits per heavy atom. The minimum absolute atomic E-state index is 0.120. The molecule has 0 amide bonds. The highest BCUT2D eigenvalue weighted by Gasteiger charge is 1.95. The van der Waals surface area contributed by atoms with E-state index in [0.29, 0.717) is 0 Å². The van der Waals surface area contributed by atoms with E-state index in [2.05, 4.69) is 16.9 Å². The van der Waals surface area contributed by atoms with Gasteiger partial charge >= 0.3 is 0 Å². The van der Waals surface area contributed by atoms with Crippen molar-refractivity contribution in [3.8, 4) is 0 Å². The summed E-state index contributed by atoms with van der Waals surface area (Å²) in [6.45, 7) is 2.26. The van der Waals surface area contributed by atoms with Crippen LogP contribution in [-0.2, 0) is 9.59 Å². The molecule has 0 heterocycles. The molecule has 0 unspecified atom stereocenters. The van der Waals surface area contributed by atoms with Crippen LogP contribution < -0.4 is 0 Å². The van der Waals surface area contributed by atoms with Crippen molar-refractivity contribution in [1.29, 1.82) is 0 Å². The van der Waals surface area contributed by atoms with Gasteiger partial charge in [-0.1, -0.05) is 90.4 Å². The van der Waals surface area contributed by atoms with Gasteiger partial charge in [0.1, 0.15) is 0 Å². The van der Waals surface area contributed by atoms with Crippen LogP contribution in [0.2, 0.25) is 0 Å². The summed E-state index contributed by atoms with van der Waals surface area (Å²) in [5.41, 5.74) is 0. The number of hydrogen-bond donors (Lipinski definition) is 0. The summed E-state index contributed by atoms with van der Waals surface area (Å²) in [5, 5.41) is 0. The highest BCUT2D eigenvalue weighted by molar-refractivity contribution is 5.41. The van der Waals surface area contributed by atoms with Crippen molar-refractivity contribution in [3.05, 3.63) is 11.9 Å². The zero-order chi connectivity index (χ0) is 17.7. The van der Waals surface area contributed by atoms with Gasteiger partial charge in [0.05, 0.1) is 0 Å². The normalized spacial score (nSPS) is 9.88. The average Bonchev–Trinajstić information content (AvgIpc) is 2.58. The lowest BCUT2D eigenvalue weighted by Gasteiger charge is -2.02. The first-order valence-corrected chi connectivity index (χ1v) is 9.71. The molecule has 0 saturated carbocycles. The summed E-state index contributed by atoms with van der Waals surface area (Å²) in [5.74, 6) is 0.120. The molecular formula is C20H34N2O2. The number of isocyanates is 2. The Labute approximate surface area is 147 Å². The molecule has 4 nitrogen and oxygen atoms in total. The van der Waals surface area contributed by atoms with Gasteiger partial charge in [-0.15, -0.1) is 9.98 Å². The van der Waals surface area contributed by atoms with E-state index in [0.717, 1.165) is 19.3 Å². The van der Waals surface area contributed by atoms with Gasteiger partial charge in [0.2, 0.25) is 12.2 Å². The standard InChI is InChI=1S/C20H34N2O2/c1-2-3-4-5-6-7-8-9-10-11-12-13-14-15-16-17-20(21-18-23)22-19-24/h17H,2-16H2,1H3. The molecule has 136 valence electrons. The van der Waals surface area contributed by atoms with Gasteiger partial charge in [-0.2, -0.15) is 0 Å². The Kier molecular flexibility index (Phi) is 18.3. The maximum atomic E-state index is 10.1. The second-order valence-electron chi connectivity index (χ2n) is 6.35. The van der Waals surface area contributed by atoms with Crippen LogP contribution in [0.25, 0.3) is 0 Å². The van der Waals surface area contributed by atoms with Crippen LogP contribution in [0.15, 0.2) is 21.9 Å². The van der Waals surface area contributed by atoms with E-state index < -0.39 is 0 Å². The molecule has 4 heteroatoms. The van der Waals surface area contributed by atoms with E-state index in [-0.39, 0.29) is 5.82 Å². The van der Waals surface area contributed by atoms with E-state index in [1.165, 1.54) is 89.2 Å². The molecule has 0 spiro atoms. The van der Waals surface area contributed by atoms with Crippen molar-refractivity contribution in [2.24, 2.45) is 9.98 Å². The van der Waals surface area contributed by atoms with Crippen LogP contribution >= 0.6 is 0 Å². The molecule has 0 bridgehead atoms. The second-order valence-corrected chi connectivity index (χ2v) is 6.35. The zero-order valence-electron chi connectivity index (χ0n) is 15.4. The van der Waals surface area contributed by atoms with E-state index in [9.17, 15) is 9.59 Å². The predicted octanol–water partition coefficient (Wildman–Crippen LogP) is 6.37. The maximum Gasteiger partial charge on any atom is 0.242 e.